The molecule has 0 aliphatic heterocycles. The number of aliphatic hydroxyl groups is 1. The molecule has 0 bridgehead atoms. The predicted molar refractivity (Wildman–Crippen MR) is 194 cm³/mol. The molecule has 0 saturated carbocycles. The van der Waals surface area contributed by atoms with E-state index in [-0.39, 0.29) is 25.7 Å². The molecule has 3 atom stereocenters. The minimum absolute atomic E-state index is 0.0752. The lowest BCUT2D eigenvalue weighted by Crippen LogP contribution is -2.45. The first kappa shape index (κ1) is 45.0. The van der Waals surface area contributed by atoms with Crippen molar-refractivity contribution in [1.82, 2.24) is 5.32 Å². The van der Waals surface area contributed by atoms with Crippen LogP contribution >= 0.6 is 7.82 Å². The van der Waals surface area contributed by atoms with Crippen LogP contribution in [0.3, 0.4) is 0 Å². The van der Waals surface area contributed by atoms with E-state index in [4.69, 9.17) is 14.8 Å². The highest BCUT2D eigenvalue weighted by molar-refractivity contribution is 7.47. The quantitative estimate of drug-likeness (QED) is 0.0299. The monoisotopic (exact) mass is 673 g/mol. The Balaban J connectivity index is 4.13. The SMILES string of the molecule is CCCC/C=C/CC/C=C/C(O)C(COP(=O)(O)OCCN)NC(=O)CCCCCCCCCCCCCCCCCCCCC. The molecule has 9 heteroatoms. The van der Waals surface area contributed by atoms with E-state index in [1.54, 1.807) is 6.08 Å². The first-order valence-electron chi connectivity index (χ1n) is 19.0. The third-order valence-corrected chi connectivity index (χ3v) is 9.26. The fourth-order valence-corrected chi connectivity index (χ4v) is 6.13. The van der Waals surface area contributed by atoms with E-state index in [0.717, 1.165) is 38.5 Å². The molecule has 0 aromatic carbocycles. The number of rotatable bonds is 35. The summed E-state index contributed by atoms with van der Waals surface area (Å²) in [6, 6.07) is -0.869. The molecule has 8 nitrogen and oxygen atoms in total. The van der Waals surface area contributed by atoms with Crippen LogP contribution in [0.25, 0.3) is 0 Å². The van der Waals surface area contributed by atoms with Gasteiger partial charge in [-0.2, -0.15) is 0 Å². The summed E-state index contributed by atoms with van der Waals surface area (Å²) in [6.07, 6.45) is 36.7. The lowest BCUT2D eigenvalue weighted by Gasteiger charge is -2.23. The van der Waals surface area contributed by atoms with Crippen LogP contribution in [0.2, 0.25) is 0 Å². The van der Waals surface area contributed by atoms with Gasteiger partial charge in [0.15, 0.2) is 0 Å². The lowest BCUT2D eigenvalue weighted by molar-refractivity contribution is -0.123. The van der Waals surface area contributed by atoms with Crippen molar-refractivity contribution in [2.75, 3.05) is 19.8 Å². The third-order valence-electron chi connectivity index (χ3n) is 8.28. The second-order valence-electron chi connectivity index (χ2n) is 12.8. The molecule has 0 heterocycles. The van der Waals surface area contributed by atoms with Crippen molar-refractivity contribution >= 4 is 13.7 Å². The second kappa shape index (κ2) is 33.9. The van der Waals surface area contributed by atoms with Gasteiger partial charge < -0.3 is 21.1 Å². The number of hydrogen-bond donors (Lipinski definition) is 4. The molecule has 0 radical (unpaired) electrons. The Morgan fingerprint density at radius 3 is 1.65 bits per heavy atom. The molecule has 0 aliphatic rings. The minimum Gasteiger partial charge on any atom is -0.387 e. The average Bonchev–Trinajstić information content (AvgIpc) is 3.04. The van der Waals surface area contributed by atoms with Crippen LogP contribution in [0, 0.1) is 0 Å². The summed E-state index contributed by atoms with van der Waals surface area (Å²) >= 11 is 0. The van der Waals surface area contributed by atoms with Gasteiger partial charge in [0.05, 0.1) is 25.4 Å². The Bertz CT molecular complexity index is 779. The molecule has 46 heavy (non-hydrogen) atoms. The fourth-order valence-electron chi connectivity index (χ4n) is 5.37. The highest BCUT2D eigenvalue weighted by Gasteiger charge is 2.26. The van der Waals surface area contributed by atoms with Crippen LogP contribution in [0.4, 0.5) is 0 Å². The number of phosphoric ester groups is 1. The lowest BCUT2D eigenvalue weighted by atomic mass is 10.0. The molecule has 3 unspecified atom stereocenters. The maximum Gasteiger partial charge on any atom is 0.472 e. The molecule has 0 fully saturated rings. The first-order chi connectivity index (χ1) is 22.4. The zero-order valence-corrected chi connectivity index (χ0v) is 30.7. The number of aliphatic hydroxyl groups excluding tert-OH is 1. The Morgan fingerprint density at radius 1 is 0.696 bits per heavy atom. The average molecular weight is 673 g/mol. The van der Waals surface area contributed by atoms with Crippen molar-refractivity contribution in [3.05, 3.63) is 24.3 Å². The Labute approximate surface area is 283 Å². The van der Waals surface area contributed by atoms with Gasteiger partial charge in [-0.15, -0.1) is 0 Å². The number of amides is 1. The number of carbonyl (C=O) groups excluding carboxylic acids is 1. The van der Waals surface area contributed by atoms with Gasteiger partial charge in [0, 0.05) is 13.0 Å². The molecule has 0 aliphatic carbocycles. The van der Waals surface area contributed by atoms with Gasteiger partial charge in [-0.25, -0.2) is 4.57 Å². The van der Waals surface area contributed by atoms with Crippen LogP contribution in [0.15, 0.2) is 24.3 Å². The van der Waals surface area contributed by atoms with Crippen LogP contribution in [-0.4, -0.2) is 47.8 Å². The molecule has 0 saturated heterocycles. The predicted octanol–water partition coefficient (Wildman–Crippen LogP) is 9.83. The van der Waals surface area contributed by atoms with E-state index >= 15 is 0 Å². The van der Waals surface area contributed by atoms with Gasteiger partial charge in [-0.1, -0.05) is 167 Å². The summed E-state index contributed by atoms with van der Waals surface area (Å²) in [4.78, 5) is 22.5. The fraction of sp³-hybridized carbons (Fsp3) is 0.865. The van der Waals surface area contributed by atoms with Crippen molar-refractivity contribution in [3.8, 4) is 0 Å². The number of hydrogen-bond acceptors (Lipinski definition) is 6. The van der Waals surface area contributed by atoms with Gasteiger partial charge in [-0.05, 0) is 25.7 Å². The van der Waals surface area contributed by atoms with Gasteiger partial charge in [0.25, 0.3) is 0 Å². The molecule has 5 N–H and O–H groups in total. The number of carbonyl (C=O) groups is 1. The summed E-state index contributed by atoms with van der Waals surface area (Å²) in [5.74, 6) is -0.206. The minimum atomic E-state index is -4.33. The van der Waals surface area contributed by atoms with Crippen LogP contribution in [-0.2, 0) is 18.4 Å². The van der Waals surface area contributed by atoms with Gasteiger partial charge in [0.1, 0.15) is 0 Å². The first-order valence-corrected chi connectivity index (χ1v) is 20.5. The molecule has 1 amide bonds. The van der Waals surface area contributed by atoms with Crippen molar-refractivity contribution in [1.29, 1.82) is 0 Å². The van der Waals surface area contributed by atoms with E-state index in [1.807, 2.05) is 6.08 Å². The maximum atomic E-state index is 12.6. The number of unbranched alkanes of at least 4 members (excludes halogenated alkanes) is 21. The number of nitrogens with two attached hydrogens (primary N) is 1. The highest BCUT2D eigenvalue weighted by Crippen LogP contribution is 2.43. The van der Waals surface area contributed by atoms with Crippen LogP contribution in [0.1, 0.15) is 174 Å². The largest absolute Gasteiger partial charge is 0.472 e. The number of phosphoric acid groups is 1. The van der Waals surface area contributed by atoms with Crippen molar-refractivity contribution in [3.63, 3.8) is 0 Å². The Morgan fingerprint density at radius 2 is 1.15 bits per heavy atom. The number of allylic oxidation sites excluding steroid dienone is 3. The summed E-state index contributed by atoms with van der Waals surface area (Å²) in [5.41, 5.74) is 5.34. The Kier molecular flexibility index (Phi) is 33.1. The van der Waals surface area contributed by atoms with Gasteiger partial charge in [0.2, 0.25) is 5.91 Å². The zero-order chi connectivity index (χ0) is 34.0. The van der Waals surface area contributed by atoms with Gasteiger partial charge in [-0.3, -0.25) is 13.8 Å². The van der Waals surface area contributed by atoms with Crippen molar-refractivity contribution in [2.24, 2.45) is 5.73 Å². The topological polar surface area (TPSA) is 131 Å². The molecule has 0 aromatic rings. The third kappa shape index (κ3) is 31.6. The molecule has 0 spiro atoms. The normalized spacial score (nSPS) is 14.6. The summed E-state index contributed by atoms with van der Waals surface area (Å²) < 4.78 is 21.9. The second-order valence-corrected chi connectivity index (χ2v) is 14.2. The van der Waals surface area contributed by atoms with Crippen LogP contribution < -0.4 is 11.1 Å². The van der Waals surface area contributed by atoms with E-state index in [2.05, 4.69) is 31.3 Å². The van der Waals surface area contributed by atoms with Gasteiger partial charge >= 0.3 is 7.82 Å². The van der Waals surface area contributed by atoms with Crippen molar-refractivity contribution in [2.45, 2.75) is 187 Å². The summed E-state index contributed by atoms with van der Waals surface area (Å²) in [6.45, 7) is 4.03. The number of nitrogens with one attached hydrogen (secondary N) is 1. The van der Waals surface area contributed by atoms with E-state index in [0.29, 0.717) is 6.42 Å². The summed E-state index contributed by atoms with van der Waals surface area (Å²) in [7, 11) is -4.33. The molecular weight excluding hydrogens is 599 g/mol. The maximum absolute atomic E-state index is 12.6. The summed E-state index contributed by atoms with van der Waals surface area (Å²) in [5, 5.41) is 13.5. The smallest absolute Gasteiger partial charge is 0.387 e. The standard InChI is InChI=1S/C37H73N2O6P/c1-3-5-7-9-11-13-14-15-16-17-18-19-20-21-22-23-25-27-29-31-37(41)39-35(34-45-46(42,43)44-33-32-38)36(40)30-28-26-24-12-10-8-6-4-2/h10,12,28,30,35-36,40H,3-9,11,13-27,29,31-34,38H2,1-2H3,(H,39,41)(H,42,43)/b12-10+,30-28+. The van der Waals surface area contributed by atoms with E-state index in [9.17, 15) is 19.4 Å². The molecule has 0 rings (SSSR count). The van der Waals surface area contributed by atoms with E-state index in [1.165, 1.54) is 116 Å². The zero-order valence-electron chi connectivity index (χ0n) is 29.8. The van der Waals surface area contributed by atoms with E-state index < -0.39 is 20.0 Å². The molecular formula is C37H73N2O6P. The highest BCUT2D eigenvalue weighted by atomic mass is 31.2. The van der Waals surface area contributed by atoms with Crippen LogP contribution in [0.5, 0.6) is 0 Å². The van der Waals surface area contributed by atoms with Crippen molar-refractivity contribution < 1.29 is 28.4 Å². The Hall–Kier alpha value is -1.02. The molecule has 272 valence electrons. The molecule has 0 aromatic heterocycles.